The van der Waals surface area contributed by atoms with Crippen LogP contribution in [-0.2, 0) is 9.53 Å². The highest BCUT2D eigenvalue weighted by Crippen LogP contribution is 2.72. The fourth-order valence-corrected chi connectivity index (χ4v) is 5.40. The lowest BCUT2D eigenvalue weighted by Crippen LogP contribution is -2.49. The van der Waals surface area contributed by atoms with Crippen LogP contribution in [0.1, 0.15) is 32.6 Å². The zero-order valence-electron chi connectivity index (χ0n) is 9.79. The van der Waals surface area contributed by atoms with E-state index in [2.05, 4.69) is 0 Å². The molecule has 17 heavy (non-hydrogen) atoms. The summed E-state index contributed by atoms with van der Waals surface area (Å²) in [4.78, 5) is 11.9. The van der Waals surface area contributed by atoms with Crippen LogP contribution in [0.2, 0.25) is 0 Å². The van der Waals surface area contributed by atoms with Crippen LogP contribution in [0.4, 0.5) is 8.78 Å². The third kappa shape index (κ3) is 0.829. The highest BCUT2D eigenvalue weighted by atomic mass is 19.3. The second-order valence-electron chi connectivity index (χ2n) is 6.18. The Morgan fingerprint density at radius 1 is 1.41 bits per heavy atom. The summed E-state index contributed by atoms with van der Waals surface area (Å²) in [5.41, 5.74) is -1.46. The molecule has 4 heteroatoms. The molecule has 0 N–H and O–H groups in total. The second-order valence-corrected chi connectivity index (χ2v) is 6.18. The molecule has 2 nitrogen and oxygen atoms in total. The molecule has 4 aliphatic carbocycles. The molecule has 5 aliphatic rings. The van der Waals surface area contributed by atoms with Gasteiger partial charge in [0.1, 0.15) is 0 Å². The highest BCUT2D eigenvalue weighted by Gasteiger charge is 2.82. The first kappa shape index (κ1) is 10.3. The van der Waals surface area contributed by atoms with Crippen molar-refractivity contribution in [3.8, 4) is 0 Å². The lowest BCUT2D eigenvalue weighted by atomic mass is 9.58. The van der Waals surface area contributed by atoms with Gasteiger partial charge in [0.05, 0.1) is 5.92 Å². The summed E-state index contributed by atoms with van der Waals surface area (Å²) in [5, 5.41) is 0. The Morgan fingerprint density at radius 3 is 2.88 bits per heavy atom. The van der Waals surface area contributed by atoms with Crippen LogP contribution in [0.25, 0.3) is 0 Å². The van der Waals surface area contributed by atoms with Gasteiger partial charge in [-0.15, -0.1) is 0 Å². The number of alkyl halides is 2. The summed E-state index contributed by atoms with van der Waals surface area (Å²) in [6, 6.07) is 0. The standard InChI is InChI=1S/C13H16F2O2/c1-2-12-10-7-4-3-6(9(10)11(16)17-12)5-8(7)13(12,14)15/h6-10H,2-5H2,1H3/t6?,7?,8?,9?,10?,12-/m0/s1. The predicted molar refractivity (Wildman–Crippen MR) is 55.4 cm³/mol. The number of carbonyl (C=O) groups excluding carboxylic acids is 1. The third-order valence-electron chi connectivity index (χ3n) is 5.95. The molecule has 4 bridgehead atoms. The molecule has 1 heterocycles. The molecule has 0 radical (unpaired) electrons. The normalized spacial score (nSPS) is 57.4. The molecular formula is C13H16F2O2. The maximum atomic E-state index is 14.6. The SMILES string of the molecule is CC[C@@]12OC(=O)C3C4CCC(C(C4)C1(F)F)C32. The number of halogens is 2. The minimum atomic E-state index is -2.81. The first-order valence-electron chi connectivity index (χ1n) is 6.63. The van der Waals surface area contributed by atoms with Crippen molar-refractivity contribution in [2.45, 2.75) is 44.1 Å². The number of esters is 1. The molecule has 5 unspecified atom stereocenters. The minimum absolute atomic E-state index is 0.0198. The Labute approximate surface area is 98.7 Å². The van der Waals surface area contributed by atoms with E-state index in [4.69, 9.17) is 4.74 Å². The monoisotopic (exact) mass is 242 g/mol. The van der Waals surface area contributed by atoms with Crippen molar-refractivity contribution >= 4 is 5.97 Å². The molecule has 94 valence electrons. The van der Waals surface area contributed by atoms with Crippen LogP contribution >= 0.6 is 0 Å². The fourth-order valence-electron chi connectivity index (χ4n) is 5.40. The van der Waals surface area contributed by atoms with Gasteiger partial charge >= 0.3 is 5.97 Å². The van der Waals surface area contributed by atoms with Crippen molar-refractivity contribution in [1.82, 2.24) is 0 Å². The van der Waals surface area contributed by atoms with Gasteiger partial charge in [-0.2, -0.15) is 0 Å². The summed E-state index contributed by atoms with van der Waals surface area (Å²) < 4.78 is 34.5. The van der Waals surface area contributed by atoms with Crippen LogP contribution in [0, 0.1) is 29.6 Å². The largest absolute Gasteiger partial charge is 0.452 e. The van der Waals surface area contributed by atoms with Crippen molar-refractivity contribution < 1.29 is 18.3 Å². The topological polar surface area (TPSA) is 26.3 Å². The smallest absolute Gasteiger partial charge is 0.310 e. The van der Waals surface area contributed by atoms with Gasteiger partial charge < -0.3 is 4.74 Å². The molecule has 0 aromatic heterocycles. The van der Waals surface area contributed by atoms with E-state index in [0.717, 1.165) is 12.8 Å². The Kier molecular flexibility index (Phi) is 1.61. The number of fused-ring (bicyclic) bond motifs is 1. The fraction of sp³-hybridized carbons (Fsp3) is 0.923. The zero-order chi connectivity index (χ0) is 12.0. The van der Waals surface area contributed by atoms with Crippen LogP contribution in [0.3, 0.4) is 0 Å². The summed E-state index contributed by atoms with van der Waals surface area (Å²) >= 11 is 0. The van der Waals surface area contributed by atoms with Gasteiger partial charge in [-0.25, -0.2) is 8.78 Å². The first-order chi connectivity index (χ1) is 8.03. The minimum Gasteiger partial charge on any atom is -0.452 e. The van der Waals surface area contributed by atoms with Gasteiger partial charge in [-0.05, 0) is 37.5 Å². The predicted octanol–water partition coefficient (Wildman–Crippen LogP) is 2.62. The lowest BCUT2D eigenvalue weighted by molar-refractivity contribution is -0.208. The van der Waals surface area contributed by atoms with Crippen molar-refractivity contribution in [2.24, 2.45) is 29.6 Å². The molecule has 1 saturated heterocycles. The Morgan fingerprint density at radius 2 is 2.18 bits per heavy atom. The van der Waals surface area contributed by atoms with Gasteiger partial charge in [0, 0.05) is 11.8 Å². The highest BCUT2D eigenvalue weighted by molar-refractivity contribution is 5.78. The number of hydrogen-bond donors (Lipinski definition) is 0. The number of hydrogen-bond acceptors (Lipinski definition) is 2. The average molecular weight is 242 g/mol. The van der Waals surface area contributed by atoms with E-state index in [1.54, 1.807) is 6.92 Å². The number of rotatable bonds is 1. The molecule has 1 aliphatic heterocycles. The summed E-state index contributed by atoms with van der Waals surface area (Å²) in [6.07, 6.45) is 2.60. The first-order valence-corrected chi connectivity index (χ1v) is 6.63. The van der Waals surface area contributed by atoms with Crippen LogP contribution < -0.4 is 0 Å². The van der Waals surface area contributed by atoms with Gasteiger partial charge in [-0.3, -0.25) is 4.79 Å². The lowest BCUT2D eigenvalue weighted by Gasteiger charge is -2.44. The van der Waals surface area contributed by atoms with Crippen molar-refractivity contribution in [3.05, 3.63) is 0 Å². The third-order valence-corrected chi connectivity index (χ3v) is 5.95. The molecule has 5 fully saturated rings. The zero-order valence-corrected chi connectivity index (χ0v) is 9.79. The molecule has 0 aromatic carbocycles. The second kappa shape index (κ2) is 2.67. The molecule has 6 atom stereocenters. The van der Waals surface area contributed by atoms with Gasteiger partial charge in [0.25, 0.3) is 5.92 Å². The average Bonchev–Trinajstić information content (AvgIpc) is 2.72. The Hall–Kier alpha value is -0.670. The summed E-state index contributed by atoms with van der Waals surface area (Å²) in [6.45, 7) is 1.73. The Balaban J connectivity index is 1.94. The molecular weight excluding hydrogens is 226 g/mol. The number of ether oxygens (including phenoxy) is 1. The van der Waals surface area contributed by atoms with Gasteiger partial charge in [0.2, 0.25) is 0 Å². The van der Waals surface area contributed by atoms with E-state index in [1.807, 2.05) is 0 Å². The molecule has 0 spiro atoms. The number of carbonyl (C=O) groups is 1. The summed E-state index contributed by atoms with van der Waals surface area (Å²) in [7, 11) is 0. The van der Waals surface area contributed by atoms with Crippen molar-refractivity contribution in [2.75, 3.05) is 0 Å². The van der Waals surface area contributed by atoms with Crippen LogP contribution in [0.5, 0.6) is 0 Å². The molecule has 0 amide bonds. The van der Waals surface area contributed by atoms with Crippen LogP contribution in [0.15, 0.2) is 0 Å². The summed E-state index contributed by atoms with van der Waals surface area (Å²) in [5.74, 6) is -3.93. The maximum Gasteiger partial charge on any atom is 0.310 e. The van der Waals surface area contributed by atoms with E-state index < -0.39 is 17.4 Å². The van der Waals surface area contributed by atoms with E-state index in [1.165, 1.54) is 0 Å². The quantitative estimate of drug-likeness (QED) is 0.661. The van der Waals surface area contributed by atoms with Gasteiger partial charge in [-0.1, -0.05) is 6.92 Å². The molecule has 0 aromatic rings. The van der Waals surface area contributed by atoms with Gasteiger partial charge in [0.15, 0.2) is 5.60 Å². The molecule has 5 rings (SSSR count). The Bertz CT molecular complexity index is 408. The van der Waals surface area contributed by atoms with Crippen molar-refractivity contribution in [1.29, 1.82) is 0 Å². The van der Waals surface area contributed by atoms with E-state index >= 15 is 0 Å². The maximum absolute atomic E-state index is 14.6. The van der Waals surface area contributed by atoms with E-state index in [0.29, 0.717) is 6.42 Å². The van der Waals surface area contributed by atoms with E-state index in [9.17, 15) is 13.6 Å². The molecule has 4 saturated carbocycles. The van der Waals surface area contributed by atoms with Crippen molar-refractivity contribution in [3.63, 3.8) is 0 Å². The van der Waals surface area contributed by atoms with E-state index in [-0.39, 0.29) is 36.1 Å². The van der Waals surface area contributed by atoms with Crippen LogP contribution in [-0.4, -0.2) is 17.5 Å².